The summed E-state index contributed by atoms with van der Waals surface area (Å²) in [6, 6.07) is 3.56. The summed E-state index contributed by atoms with van der Waals surface area (Å²) in [5.74, 6) is 2.37. The average molecular weight is 328 g/mol. The molecule has 0 unspecified atom stereocenters. The Balaban J connectivity index is 1.50. The van der Waals surface area contributed by atoms with Gasteiger partial charge in [0.15, 0.2) is 12.4 Å². The number of ketones is 1. The van der Waals surface area contributed by atoms with E-state index in [1.165, 1.54) is 19.3 Å². The third kappa shape index (κ3) is 2.76. The summed E-state index contributed by atoms with van der Waals surface area (Å²) in [7, 11) is 0. The van der Waals surface area contributed by atoms with Crippen molar-refractivity contribution in [2.24, 2.45) is 23.2 Å². The van der Waals surface area contributed by atoms with Gasteiger partial charge < -0.3 is 4.74 Å². The lowest BCUT2D eigenvalue weighted by Gasteiger charge is -2.55. The van der Waals surface area contributed by atoms with Gasteiger partial charge in [0, 0.05) is 11.5 Å². The van der Waals surface area contributed by atoms with Crippen LogP contribution in [0.4, 0.5) is 0 Å². The zero-order valence-corrected chi connectivity index (χ0v) is 14.4. The molecule has 5 rings (SSSR count). The fraction of sp³-hybridized carbons (Fsp3) is 0.650. The smallest absolute Gasteiger partial charge is 0.344 e. The van der Waals surface area contributed by atoms with Crippen molar-refractivity contribution in [3.8, 4) is 0 Å². The third-order valence-electron chi connectivity index (χ3n) is 6.33. The fourth-order valence-electron chi connectivity index (χ4n) is 5.74. The maximum Gasteiger partial charge on any atom is 0.344 e. The number of aromatic nitrogens is 1. The molecule has 0 amide bonds. The molecule has 24 heavy (non-hydrogen) atoms. The van der Waals surface area contributed by atoms with Gasteiger partial charge in [-0.3, -0.25) is 4.79 Å². The first-order chi connectivity index (χ1) is 11.6. The maximum absolute atomic E-state index is 13.1. The third-order valence-corrected chi connectivity index (χ3v) is 6.33. The Morgan fingerprint density at radius 1 is 1.17 bits per heavy atom. The van der Waals surface area contributed by atoms with Crippen molar-refractivity contribution >= 4 is 11.8 Å². The van der Waals surface area contributed by atoms with Crippen molar-refractivity contribution < 1.29 is 18.9 Å². The first-order valence-corrected chi connectivity index (χ1v) is 9.27. The lowest BCUT2D eigenvalue weighted by molar-refractivity contribution is -0.685. The molecule has 0 N–H and O–H groups in total. The zero-order valence-electron chi connectivity index (χ0n) is 14.4. The molecule has 0 saturated heterocycles. The number of carbonyl (C=O) groups is 2. The second-order valence-corrected chi connectivity index (χ2v) is 8.11. The van der Waals surface area contributed by atoms with Gasteiger partial charge in [0.1, 0.15) is 5.56 Å². The molecule has 4 bridgehead atoms. The molecular formula is C20H26NO3+. The molecule has 4 aliphatic rings. The van der Waals surface area contributed by atoms with Crippen LogP contribution in [0.2, 0.25) is 0 Å². The van der Waals surface area contributed by atoms with Crippen LogP contribution in [0.5, 0.6) is 0 Å². The normalized spacial score (nSPS) is 33.5. The number of ether oxygens (including phenoxy) is 1. The van der Waals surface area contributed by atoms with E-state index in [1.54, 1.807) is 19.2 Å². The van der Waals surface area contributed by atoms with Crippen LogP contribution in [-0.4, -0.2) is 18.4 Å². The number of esters is 1. The minimum Gasteiger partial charge on any atom is -0.462 e. The van der Waals surface area contributed by atoms with Gasteiger partial charge in [-0.2, -0.15) is 4.57 Å². The van der Waals surface area contributed by atoms with E-state index in [0.717, 1.165) is 37.0 Å². The van der Waals surface area contributed by atoms with Crippen molar-refractivity contribution in [1.82, 2.24) is 0 Å². The van der Waals surface area contributed by atoms with Gasteiger partial charge in [-0.25, -0.2) is 4.79 Å². The van der Waals surface area contributed by atoms with Gasteiger partial charge in [-0.05, 0) is 69.3 Å². The highest BCUT2D eigenvalue weighted by Gasteiger charge is 2.54. The van der Waals surface area contributed by atoms with Crippen LogP contribution >= 0.6 is 0 Å². The quantitative estimate of drug-likeness (QED) is 0.617. The largest absolute Gasteiger partial charge is 0.462 e. The van der Waals surface area contributed by atoms with E-state index in [9.17, 15) is 9.59 Å². The van der Waals surface area contributed by atoms with Crippen molar-refractivity contribution in [2.75, 3.05) is 6.61 Å². The predicted molar refractivity (Wildman–Crippen MR) is 88.2 cm³/mol. The molecule has 0 aliphatic heterocycles. The molecule has 4 heteroatoms. The van der Waals surface area contributed by atoms with E-state index in [4.69, 9.17) is 4.74 Å². The van der Waals surface area contributed by atoms with Gasteiger partial charge >= 0.3 is 5.97 Å². The van der Waals surface area contributed by atoms with E-state index >= 15 is 0 Å². The molecule has 4 aliphatic carbocycles. The fourth-order valence-corrected chi connectivity index (χ4v) is 5.74. The zero-order chi connectivity index (χ0) is 16.7. The van der Waals surface area contributed by atoms with Gasteiger partial charge in [-0.1, -0.05) is 0 Å². The van der Waals surface area contributed by atoms with E-state index in [2.05, 4.69) is 0 Å². The highest BCUT2D eigenvalue weighted by Crippen LogP contribution is 2.60. The summed E-state index contributed by atoms with van der Waals surface area (Å²) >= 11 is 0. The van der Waals surface area contributed by atoms with Crippen LogP contribution in [0.25, 0.3) is 0 Å². The molecule has 0 atom stereocenters. The molecular weight excluding hydrogens is 302 g/mol. The van der Waals surface area contributed by atoms with Crippen LogP contribution in [0.15, 0.2) is 24.5 Å². The summed E-state index contributed by atoms with van der Waals surface area (Å²) in [5, 5.41) is 0. The van der Waals surface area contributed by atoms with E-state index in [0.29, 0.717) is 24.5 Å². The summed E-state index contributed by atoms with van der Waals surface area (Å²) in [6.07, 6.45) is 10.9. The number of nitrogens with zero attached hydrogens (tertiary/aromatic N) is 1. The Kier molecular flexibility index (Phi) is 3.93. The summed E-state index contributed by atoms with van der Waals surface area (Å²) in [5.41, 5.74) is 0.430. The standard InChI is InChI=1S/C20H26NO3/c1-2-24-19(23)17-4-3-5-21(12-17)13-18(22)20-9-14-6-15(10-20)8-16(7-14)11-20/h3-5,12,14-16H,2,6-11,13H2,1H3/q+1. The second-order valence-electron chi connectivity index (χ2n) is 8.11. The minimum absolute atomic E-state index is 0.0817. The van der Waals surface area contributed by atoms with Crippen molar-refractivity contribution in [1.29, 1.82) is 0 Å². The molecule has 0 aromatic carbocycles. The molecule has 1 heterocycles. The van der Waals surface area contributed by atoms with Crippen molar-refractivity contribution in [3.63, 3.8) is 0 Å². The van der Waals surface area contributed by atoms with Crippen molar-refractivity contribution in [2.45, 2.75) is 52.0 Å². The Labute approximate surface area is 143 Å². The molecule has 4 saturated carbocycles. The first-order valence-electron chi connectivity index (χ1n) is 9.27. The van der Waals surface area contributed by atoms with E-state index in [-0.39, 0.29) is 11.4 Å². The van der Waals surface area contributed by atoms with Crippen LogP contribution in [0.3, 0.4) is 0 Å². The monoisotopic (exact) mass is 328 g/mol. The number of carbonyl (C=O) groups excluding carboxylic acids is 2. The molecule has 4 fully saturated rings. The van der Waals surface area contributed by atoms with Crippen molar-refractivity contribution in [3.05, 3.63) is 30.1 Å². The molecule has 128 valence electrons. The minimum atomic E-state index is -0.325. The summed E-state index contributed by atoms with van der Waals surface area (Å²) in [4.78, 5) is 25.0. The highest BCUT2D eigenvalue weighted by molar-refractivity contribution is 5.88. The average Bonchev–Trinajstić information content (AvgIpc) is 2.54. The Morgan fingerprint density at radius 2 is 1.79 bits per heavy atom. The molecule has 0 radical (unpaired) electrons. The van der Waals surface area contributed by atoms with Crippen LogP contribution in [0.1, 0.15) is 55.8 Å². The summed E-state index contributed by atoms with van der Waals surface area (Å²) < 4.78 is 6.91. The number of hydrogen-bond acceptors (Lipinski definition) is 3. The lowest BCUT2D eigenvalue weighted by atomic mass is 9.48. The second kappa shape index (κ2) is 5.98. The van der Waals surface area contributed by atoms with Gasteiger partial charge in [-0.15, -0.1) is 0 Å². The maximum atomic E-state index is 13.1. The molecule has 1 aromatic heterocycles. The SMILES string of the molecule is CCOC(=O)c1ccc[n+](CC(=O)C23CC4CC(CC(C4)C2)C3)c1. The van der Waals surface area contributed by atoms with Gasteiger partial charge in [0.2, 0.25) is 12.3 Å². The van der Waals surface area contributed by atoms with Gasteiger partial charge in [0.05, 0.1) is 6.61 Å². The predicted octanol–water partition coefficient (Wildman–Crippen LogP) is 2.94. The summed E-state index contributed by atoms with van der Waals surface area (Å²) in [6.45, 7) is 2.53. The number of pyridine rings is 1. The molecule has 4 nitrogen and oxygen atoms in total. The van der Waals surface area contributed by atoms with Crippen LogP contribution < -0.4 is 4.57 Å². The van der Waals surface area contributed by atoms with Crippen LogP contribution in [0, 0.1) is 23.2 Å². The number of hydrogen-bond donors (Lipinski definition) is 0. The Morgan fingerprint density at radius 3 is 2.38 bits per heavy atom. The number of Topliss-reactive ketones (excluding diaryl/α,β-unsaturated/α-hetero) is 1. The Hall–Kier alpha value is -1.71. The molecule has 0 spiro atoms. The Bertz CT molecular complexity index is 631. The van der Waals surface area contributed by atoms with Crippen LogP contribution in [-0.2, 0) is 16.1 Å². The highest BCUT2D eigenvalue weighted by atomic mass is 16.5. The first kappa shape index (κ1) is 15.8. The topological polar surface area (TPSA) is 47.2 Å². The molecule has 1 aromatic rings. The number of rotatable bonds is 5. The lowest BCUT2D eigenvalue weighted by Crippen LogP contribution is -2.53. The van der Waals surface area contributed by atoms with E-state index < -0.39 is 0 Å². The van der Waals surface area contributed by atoms with Gasteiger partial charge in [0.25, 0.3) is 0 Å². The van der Waals surface area contributed by atoms with E-state index in [1.807, 2.05) is 16.8 Å².